The van der Waals surface area contributed by atoms with E-state index in [0.717, 1.165) is 21.8 Å². The van der Waals surface area contributed by atoms with Gasteiger partial charge in [0.1, 0.15) is 16.8 Å². The zero-order valence-electron chi connectivity index (χ0n) is 19.4. The minimum atomic E-state index is -0.641. The standard InChI is InChI=1S/C24H27N3O6S/c1-4-32-17-7-5-6-16(11-17)15(2)10-21(28)26-23-19(12-25)18-8-9-27(13-20(18)34-23)24(30)33-14-22(29)31-3/h5-7,11,15H,4,8-10,13-14H2,1-3H3,(H,26,28). The van der Waals surface area contributed by atoms with Crippen LogP contribution in [0.2, 0.25) is 0 Å². The van der Waals surface area contributed by atoms with Crippen LogP contribution in [-0.2, 0) is 32.0 Å². The molecule has 0 spiro atoms. The first-order chi connectivity index (χ1) is 16.4. The van der Waals surface area contributed by atoms with Crippen molar-refractivity contribution in [3.63, 3.8) is 0 Å². The molecule has 9 nitrogen and oxygen atoms in total. The predicted molar refractivity (Wildman–Crippen MR) is 126 cm³/mol. The SMILES string of the molecule is CCOc1cccc(C(C)CC(=O)Nc2sc3c(c2C#N)CCN(C(=O)OCC(=O)OC)C3)c1. The molecular formula is C24H27N3O6S. The Hall–Kier alpha value is -3.58. The smallest absolute Gasteiger partial charge is 0.410 e. The molecular weight excluding hydrogens is 458 g/mol. The number of rotatable bonds is 8. The number of hydrogen-bond acceptors (Lipinski definition) is 8. The Morgan fingerprint density at radius 3 is 2.82 bits per heavy atom. The summed E-state index contributed by atoms with van der Waals surface area (Å²) in [6, 6.07) is 9.86. The van der Waals surface area contributed by atoms with E-state index in [2.05, 4.69) is 16.1 Å². The largest absolute Gasteiger partial charge is 0.494 e. The molecule has 0 saturated carbocycles. The topological polar surface area (TPSA) is 118 Å². The average molecular weight is 486 g/mol. The normalized spacial score (nSPS) is 13.3. The van der Waals surface area contributed by atoms with Crippen molar-refractivity contribution in [1.29, 1.82) is 5.26 Å². The summed E-state index contributed by atoms with van der Waals surface area (Å²) in [6.07, 6.45) is 0.0738. The van der Waals surface area contributed by atoms with Gasteiger partial charge in [-0.3, -0.25) is 4.79 Å². The highest BCUT2D eigenvalue weighted by atomic mass is 32.1. The number of esters is 1. The van der Waals surface area contributed by atoms with Crippen LogP contribution in [0.4, 0.5) is 9.80 Å². The Labute approximate surface area is 202 Å². The number of nitriles is 1. The van der Waals surface area contributed by atoms with Gasteiger partial charge in [-0.05, 0) is 42.5 Å². The van der Waals surface area contributed by atoms with Crippen LogP contribution in [0, 0.1) is 11.3 Å². The molecule has 2 amide bonds. The highest BCUT2D eigenvalue weighted by Crippen LogP contribution is 2.37. The molecule has 1 atom stereocenters. The van der Waals surface area contributed by atoms with E-state index in [-0.39, 0.29) is 24.8 Å². The second-order valence-electron chi connectivity index (χ2n) is 7.78. The van der Waals surface area contributed by atoms with Crippen molar-refractivity contribution in [2.45, 2.75) is 39.2 Å². The summed E-state index contributed by atoms with van der Waals surface area (Å²) < 4.78 is 15.0. The maximum absolute atomic E-state index is 12.8. The van der Waals surface area contributed by atoms with Crippen LogP contribution in [0.5, 0.6) is 5.75 Å². The third kappa shape index (κ3) is 6.05. The average Bonchev–Trinajstić information content (AvgIpc) is 3.18. The Morgan fingerprint density at radius 2 is 2.12 bits per heavy atom. The lowest BCUT2D eigenvalue weighted by atomic mass is 9.97. The molecule has 1 N–H and O–H groups in total. The molecule has 2 aromatic rings. The van der Waals surface area contributed by atoms with Crippen molar-refractivity contribution >= 4 is 34.3 Å². The molecule has 1 aliphatic rings. The first kappa shape index (κ1) is 25.1. The van der Waals surface area contributed by atoms with E-state index in [1.54, 1.807) is 0 Å². The van der Waals surface area contributed by atoms with E-state index in [0.29, 0.717) is 30.1 Å². The maximum atomic E-state index is 12.8. The number of carbonyl (C=O) groups is 3. The van der Waals surface area contributed by atoms with Crippen LogP contribution >= 0.6 is 11.3 Å². The molecule has 3 rings (SSSR count). The highest BCUT2D eigenvalue weighted by molar-refractivity contribution is 7.16. The Kier molecular flexibility index (Phi) is 8.49. The van der Waals surface area contributed by atoms with Gasteiger partial charge in [0, 0.05) is 17.8 Å². The number of methoxy groups -OCH3 is 1. The number of nitrogens with zero attached hydrogens (tertiary/aromatic N) is 2. The number of ether oxygens (including phenoxy) is 3. The third-order valence-electron chi connectivity index (χ3n) is 5.45. The molecule has 0 radical (unpaired) electrons. The lowest BCUT2D eigenvalue weighted by molar-refractivity contribution is -0.144. The van der Waals surface area contributed by atoms with Gasteiger partial charge >= 0.3 is 12.1 Å². The van der Waals surface area contributed by atoms with Crippen LogP contribution < -0.4 is 10.1 Å². The Bertz CT molecular complexity index is 1110. The van der Waals surface area contributed by atoms with Gasteiger partial charge in [0.05, 0.1) is 25.8 Å². The number of nitrogens with one attached hydrogen (secondary N) is 1. The molecule has 10 heteroatoms. The van der Waals surface area contributed by atoms with Gasteiger partial charge in [-0.25, -0.2) is 9.59 Å². The van der Waals surface area contributed by atoms with Crippen molar-refractivity contribution in [2.75, 3.05) is 32.2 Å². The van der Waals surface area contributed by atoms with E-state index in [9.17, 15) is 19.6 Å². The zero-order valence-corrected chi connectivity index (χ0v) is 20.2. The molecule has 2 heterocycles. The zero-order chi connectivity index (χ0) is 24.7. The number of carbonyl (C=O) groups excluding carboxylic acids is 3. The lowest BCUT2D eigenvalue weighted by Crippen LogP contribution is -2.36. The molecule has 1 unspecified atom stereocenters. The predicted octanol–water partition coefficient (Wildman–Crippen LogP) is 3.82. The summed E-state index contributed by atoms with van der Waals surface area (Å²) in [7, 11) is 1.22. The fourth-order valence-electron chi connectivity index (χ4n) is 3.69. The molecule has 0 fully saturated rings. The summed E-state index contributed by atoms with van der Waals surface area (Å²) in [5.74, 6) is -0.114. The van der Waals surface area contributed by atoms with Crippen LogP contribution in [0.25, 0.3) is 0 Å². The second kappa shape index (κ2) is 11.5. The fourth-order valence-corrected chi connectivity index (χ4v) is 4.92. The summed E-state index contributed by atoms with van der Waals surface area (Å²) in [4.78, 5) is 38.5. The summed E-state index contributed by atoms with van der Waals surface area (Å²) in [5.41, 5.74) is 2.26. The van der Waals surface area contributed by atoms with Crippen molar-refractivity contribution in [3.8, 4) is 11.8 Å². The summed E-state index contributed by atoms with van der Waals surface area (Å²) >= 11 is 1.28. The van der Waals surface area contributed by atoms with Crippen LogP contribution in [-0.4, -0.2) is 49.7 Å². The molecule has 34 heavy (non-hydrogen) atoms. The number of fused-ring (bicyclic) bond motifs is 1. The van der Waals surface area contributed by atoms with E-state index in [4.69, 9.17) is 9.47 Å². The summed E-state index contributed by atoms with van der Waals surface area (Å²) in [6.45, 7) is 4.58. The van der Waals surface area contributed by atoms with E-state index in [1.165, 1.54) is 23.3 Å². The molecule has 0 saturated heterocycles. The second-order valence-corrected chi connectivity index (χ2v) is 8.89. The van der Waals surface area contributed by atoms with Gasteiger partial charge in [-0.1, -0.05) is 19.1 Å². The van der Waals surface area contributed by atoms with Gasteiger partial charge in [-0.2, -0.15) is 5.26 Å². The minimum Gasteiger partial charge on any atom is -0.494 e. The van der Waals surface area contributed by atoms with E-state index >= 15 is 0 Å². The number of benzene rings is 1. The fraction of sp³-hybridized carbons (Fsp3) is 0.417. The maximum Gasteiger partial charge on any atom is 0.410 e. The van der Waals surface area contributed by atoms with Crippen LogP contribution in [0.1, 0.15) is 47.8 Å². The molecule has 1 aromatic heterocycles. The lowest BCUT2D eigenvalue weighted by Gasteiger charge is -2.25. The van der Waals surface area contributed by atoms with E-state index < -0.39 is 18.7 Å². The summed E-state index contributed by atoms with van der Waals surface area (Å²) in [5, 5.41) is 13.1. The first-order valence-electron chi connectivity index (χ1n) is 10.9. The van der Waals surface area contributed by atoms with Gasteiger partial charge in [0.15, 0.2) is 6.61 Å². The number of thiophene rings is 1. The van der Waals surface area contributed by atoms with Gasteiger partial charge < -0.3 is 24.4 Å². The number of hydrogen-bond donors (Lipinski definition) is 1. The molecule has 1 aliphatic heterocycles. The minimum absolute atomic E-state index is 0.0411. The van der Waals surface area contributed by atoms with Gasteiger partial charge in [0.25, 0.3) is 0 Å². The number of anilines is 1. The third-order valence-corrected chi connectivity index (χ3v) is 6.58. The quantitative estimate of drug-likeness (QED) is 0.565. The van der Waals surface area contributed by atoms with Crippen molar-refractivity contribution in [1.82, 2.24) is 4.90 Å². The number of amides is 2. The molecule has 0 bridgehead atoms. The molecule has 1 aromatic carbocycles. The van der Waals surface area contributed by atoms with E-state index in [1.807, 2.05) is 38.1 Å². The monoisotopic (exact) mass is 485 g/mol. The molecule has 0 aliphatic carbocycles. The highest BCUT2D eigenvalue weighted by Gasteiger charge is 2.28. The van der Waals surface area contributed by atoms with Crippen molar-refractivity contribution < 1.29 is 28.6 Å². The first-order valence-corrected chi connectivity index (χ1v) is 11.7. The van der Waals surface area contributed by atoms with Gasteiger partial charge in [-0.15, -0.1) is 11.3 Å². The van der Waals surface area contributed by atoms with Gasteiger partial charge in [0.2, 0.25) is 5.91 Å². The van der Waals surface area contributed by atoms with Crippen LogP contribution in [0.3, 0.4) is 0 Å². The Balaban J connectivity index is 1.65. The van der Waals surface area contributed by atoms with Crippen molar-refractivity contribution in [3.05, 3.63) is 45.8 Å². The molecule has 180 valence electrons. The van der Waals surface area contributed by atoms with Crippen molar-refractivity contribution in [2.24, 2.45) is 0 Å². The Morgan fingerprint density at radius 1 is 1.32 bits per heavy atom. The van der Waals surface area contributed by atoms with Crippen LogP contribution in [0.15, 0.2) is 24.3 Å².